The largest absolute Gasteiger partial charge is 0.374 e. The predicted octanol–water partition coefficient (Wildman–Crippen LogP) is 3.58. The average Bonchev–Trinajstić information content (AvgIpc) is 3.11. The summed E-state index contributed by atoms with van der Waals surface area (Å²) in [6.45, 7) is 4.46. The maximum Gasteiger partial charge on any atom is 0.191 e. The van der Waals surface area contributed by atoms with E-state index in [1.807, 2.05) is 18.2 Å². The summed E-state index contributed by atoms with van der Waals surface area (Å²) in [7, 11) is 1.79. The van der Waals surface area contributed by atoms with Crippen molar-refractivity contribution in [3.8, 4) is 0 Å². The molecule has 0 aliphatic rings. The van der Waals surface area contributed by atoms with Crippen LogP contribution in [-0.4, -0.2) is 26.2 Å². The molecule has 1 aromatic heterocycles. The van der Waals surface area contributed by atoms with E-state index in [4.69, 9.17) is 4.74 Å². The first kappa shape index (κ1) is 17.5. The highest BCUT2D eigenvalue weighted by Crippen LogP contribution is 2.15. The molecule has 0 saturated heterocycles. The summed E-state index contributed by atoms with van der Waals surface area (Å²) in [6.07, 6.45) is 1.07. The fourth-order valence-corrected chi connectivity index (χ4v) is 2.81. The molecule has 4 nitrogen and oxygen atoms in total. The number of nitrogens with zero attached hydrogens (tertiary/aromatic N) is 1. The molecule has 5 heteroatoms. The Morgan fingerprint density at radius 2 is 2.00 bits per heavy atom. The number of hydrogen-bond acceptors (Lipinski definition) is 3. The molecule has 0 spiro atoms. The van der Waals surface area contributed by atoms with Crippen LogP contribution in [0.25, 0.3) is 0 Å². The summed E-state index contributed by atoms with van der Waals surface area (Å²) in [5.74, 6) is 0.828. The van der Waals surface area contributed by atoms with Crippen LogP contribution in [0.15, 0.2) is 52.8 Å². The summed E-state index contributed by atoms with van der Waals surface area (Å²) < 4.78 is 5.86. The van der Waals surface area contributed by atoms with Crippen LogP contribution in [-0.2, 0) is 11.3 Å². The van der Waals surface area contributed by atoms with E-state index in [0.717, 1.165) is 32.1 Å². The van der Waals surface area contributed by atoms with Gasteiger partial charge in [-0.3, -0.25) is 4.99 Å². The number of nitrogens with one attached hydrogen (secondary N) is 2. The van der Waals surface area contributed by atoms with Gasteiger partial charge in [0, 0.05) is 25.1 Å². The zero-order valence-electron chi connectivity index (χ0n) is 13.8. The second-order valence-electron chi connectivity index (χ2n) is 5.21. The van der Waals surface area contributed by atoms with Crippen LogP contribution in [0.3, 0.4) is 0 Å². The monoisotopic (exact) mass is 331 g/mol. The van der Waals surface area contributed by atoms with E-state index in [-0.39, 0.29) is 6.10 Å². The van der Waals surface area contributed by atoms with Gasteiger partial charge in [0.2, 0.25) is 0 Å². The molecule has 1 heterocycles. The molecule has 1 aromatic carbocycles. The lowest BCUT2D eigenvalue weighted by atomic mass is 10.1. The first-order valence-electron chi connectivity index (χ1n) is 7.93. The minimum atomic E-state index is 0.132. The van der Waals surface area contributed by atoms with E-state index >= 15 is 0 Å². The van der Waals surface area contributed by atoms with Gasteiger partial charge in [-0.25, -0.2) is 0 Å². The van der Waals surface area contributed by atoms with Gasteiger partial charge in [-0.2, -0.15) is 0 Å². The molecular weight excluding hydrogens is 306 g/mol. The van der Waals surface area contributed by atoms with Gasteiger partial charge in [-0.1, -0.05) is 36.4 Å². The zero-order chi connectivity index (χ0) is 16.3. The molecule has 0 aliphatic heterocycles. The molecular formula is C18H25N3OS. The number of rotatable bonds is 8. The van der Waals surface area contributed by atoms with Gasteiger partial charge in [0.05, 0.1) is 12.6 Å². The van der Waals surface area contributed by atoms with Gasteiger partial charge in [-0.15, -0.1) is 11.3 Å². The maximum absolute atomic E-state index is 5.86. The third kappa shape index (κ3) is 6.42. The number of ether oxygens (including phenoxy) is 1. The van der Waals surface area contributed by atoms with Crippen molar-refractivity contribution in [2.45, 2.75) is 26.0 Å². The normalized spacial score (nSPS) is 12.9. The van der Waals surface area contributed by atoms with Crippen molar-refractivity contribution >= 4 is 17.3 Å². The Balaban J connectivity index is 1.58. The molecule has 0 bridgehead atoms. The topological polar surface area (TPSA) is 45.7 Å². The van der Waals surface area contributed by atoms with Crippen molar-refractivity contribution < 1.29 is 4.74 Å². The van der Waals surface area contributed by atoms with Crippen molar-refractivity contribution in [2.24, 2.45) is 4.99 Å². The third-order valence-electron chi connectivity index (χ3n) is 3.48. The Morgan fingerprint density at radius 1 is 1.17 bits per heavy atom. The number of guanidine groups is 1. The van der Waals surface area contributed by atoms with Crippen LogP contribution in [0.1, 0.15) is 29.9 Å². The second-order valence-corrected chi connectivity index (χ2v) is 6.24. The average molecular weight is 331 g/mol. The molecule has 0 fully saturated rings. The summed E-state index contributed by atoms with van der Waals surface area (Å²) in [5.41, 5.74) is 1.22. The lowest BCUT2D eigenvalue weighted by Crippen LogP contribution is -2.37. The smallest absolute Gasteiger partial charge is 0.191 e. The van der Waals surface area contributed by atoms with Crippen LogP contribution < -0.4 is 10.6 Å². The minimum absolute atomic E-state index is 0.132. The quantitative estimate of drug-likeness (QED) is 0.441. The van der Waals surface area contributed by atoms with E-state index in [2.05, 4.69) is 52.2 Å². The fourth-order valence-electron chi connectivity index (χ4n) is 2.16. The van der Waals surface area contributed by atoms with Gasteiger partial charge in [-0.05, 0) is 30.4 Å². The first-order valence-corrected chi connectivity index (χ1v) is 8.81. The third-order valence-corrected chi connectivity index (χ3v) is 4.36. The maximum atomic E-state index is 5.86. The van der Waals surface area contributed by atoms with Gasteiger partial charge >= 0.3 is 0 Å². The van der Waals surface area contributed by atoms with Crippen molar-refractivity contribution in [3.05, 3.63) is 58.3 Å². The highest BCUT2D eigenvalue weighted by molar-refractivity contribution is 7.09. The minimum Gasteiger partial charge on any atom is -0.374 e. The van der Waals surface area contributed by atoms with Gasteiger partial charge in [0.15, 0.2) is 5.96 Å². The molecule has 1 atom stereocenters. The van der Waals surface area contributed by atoms with Gasteiger partial charge in [0.25, 0.3) is 0 Å². The highest BCUT2D eigenvalue weighted by atomic mass is 32.1. The summed E-state index contributed by atoms with van der Waals surface area (Å²) in [4.78, 5) is 5.53. The van der Waals surface area contributed by atoms with Gasteiger partial charge in [0.1, 0.15) is 0 Å². The van der Waals surface area contributed by atoms with Crippen LogP contribution in [0.5, 0.6) is 0 Å². The van der Waals surface area contributed by atoms with Crippen LogP contribution >= 0.6 is 11.3 Å². The summed E-state index contributed by atoms with van der Waals surface area (Å²) >= 11 is 1.74. The van der Waals surface area contributed by atoms with E-state index in [9.17, 15) is 0 Å². The number of hydrogen-bond donors (Lipinski definition) is 2. The molecule has 0 aliphatic carbocycles. The number of benzene rings is 1. The van der Waals surface area contributed by atoms with E-state index in [1.165, 1.54) is 10.4 Å². The lowest BCUT2D eigenvalue weighted by molar-refractivity contribution is 0.0646. The molecule has 2 rings (SSSR count). The molecule has 124 valence electrons. The van der Waals surface area contributed by atoms with Crippen molar-refractivity contribution in [1.29, 1.82) is 0 Å². The number of thiophene rings is 1. The van der Waals surface area contributed by atoms with Crippen molar-refractivity contribution in [1.82, 2.24) is 10.6 Å². The Labute approximate surface area is 142 Å². The molecule has 23 heavy (non-hydrogen) atoms. The highest BCUT2D eigenvalue weighted by Gasteiger charge is 2.04. The Hall–Kier alpha value is -1.85. The Bertz CT molecular complexity index is 569. The van der Waals surface area contributed by atoms with Gasteiger partial charge < -0.3 is 15.4 Å². The standard InChI is InChI=1S/C18H25N3OS/c1-15(16-8-4-3-5-9-16)22-12-7-11-20-18(19-2)21-14-17-10-6-13-23-17/h3-6,8-10,13,15H,7,11-12,14H2,1-2H3,(H2,19,20,21). The van der Waals surface area contributed by atoms with E-state index < -0.39 is 0 Å². The van der Waals surface area contributed by atoms with Crippen LogP contribution in [0.4, 0.5) is 0 Å². The van der Waals surface area contributed by atoms with Crippen LogP contribution in [0.2, 0.25) is 0 Å². The molecule has 2 aromatic rings. The van der Waals surface area contributed by atoms with E-state index in [1.54, 1.807) is 18.4 Å². The molecule has 2 N–H and O–H groups in total. The van der Waals surface area contributed by atoms with Crippen LogP contribution in [0, 0.1) is 0 Å². The SMILES string of the molecule is CN=C(NCCCOC(C)c1ccccc1)NCc1cccs1. The Morgan fingerprint density at radius 3 is 2.70 bits per heavy atom. The number of aliphatic imine (C=N–C) groups is 1. The van der Waals surface area contributed by atoms with Crippen molar-refractivity contribution in [3.63, 3.8) is 0 Å². The lowest BCUT2D eigenvalue weighted by Gasteiger charge is -2.14. The van der Waals surface area contributed by atoms with E-state index in [0.29, 0.717) is 0 Å². The molecule has 1 unspecified atom stereocenters. The molecule has 0 amide bonds. The van der Waals surface area contributed by atoms with Crippen molar-refractivity contribution in [2.75, 3.05) is 20.2 Å². The summed E-state index contributed by atoms with van der Waals surface area (Å²) in [6, 6.07) is 14.5. The zero-order valence-corrected chi connectivity index (χ0v) is 14.6. The first-order chi connectivity index (χ1) is 11.3. The second kappa shape index (κ2) is 10.0. The predicted molar refractivity (Wildman–Crippen MR) is 97.9 cm³/mol. The Kier molecular flexibility index (Phi) is 7.63. The summed E-state index contributed by atoms with van der Waals surface area (Å²) in [5, 5.41) is 8.70. The molecule has 0 radical (unpaired) electrons. The molecule has 0 saturated carbocycles. The fraction of sp³-hybridized carbons (Fsp3) is 0.389.